The first-order valence-electron chi connectivity index (χ1n) is 6.76. The van der Waals surface area contributed by atoms with Crippen molar-refractivity contribution in [2.45, 2.75) is 0 Å². The molecule has 1 aromatic heterocycles. The molecular weight excluding hydrogens is 382 g/mol. The third kappa shape index (κ3) is 3.81. The van der Waals surface area contributed by atoms with E-state index in [1.165, 1.54) is 0 Å². The van der Waals surface area contributed by atoms with Crippen LogP contribution in [0.15, 0.2) is 59.2 Å². The van der Waals surface area contributed by atoms with Crippen LogP contribution >= 0.6 is 27.5 Å². The lowest BCUT2D eigenvalue weighted by Crippen LogP contribution is -2.18. The van der Waals surface area contributed by atoms with E-state index in [9.17, 15) is 4.79 Å². The first-order chi connectivity index (χ1) is 11.1. The summed E-state index contributed by atoms with van der Waals surface area (Å²) in [6.07, 6.45) is 1.62. The molecule has 3 aromatic rings. The largest absolute Gasteiger partial charge is 0.482 e. The van der Waals surface area contributed by atoms with Crippen LogP contribution in [0.4, 0.5) is 0 Å². The Morgan fingerprint density at radius 3 is 2.87 bits per heavy atom. The third-order valence-electron chi connectivity index (χ3n) is 3.06. The maximum absolute atomic E-state index is 12.0. The van der Waals surface area contributed by atoms with Gasteiger partial charge in [0, 0.05) is 16.1 Å². The number of hydrogen-bond acceptors (Lipinski definition) is 4. The summed E-state index contributed by atoms with van der Waals surface area (Å²) in [6, 6.07) is 14.1. The molecule has 4 nitrogen and oxygen atoms in total. The van der Waals surface area contributed by atoms with Crippen LogP contribution in [0.1, 0.15) is 0 Å². The minimum Gasteiger partial charge on any atom is -0.482 e. The number of hydrogen-bond donors (Lipinski definition) is 0. The summed E-state index contributed by atoms with van der Waals surface area (Å²) in [5.74, 6) is 0.419. The molecule has 0 atom stereocenters. The van der Waals surface area contributed by atoms with Crippen LogP contribution in [0, 0.1) is 0 Å². The molecule has 2 aromatic carbocycles. The Bertz CT molecular complexity index is 869. The smallest absolute Gasteiger partial charge is 0.349 e. The molecule has 0 saturated carbocycles. The SMILES string of the molecule is O=C(COc1cccc(Br)c1)Oc1ccc(Cl)c2cccnc12. The highest BCUT2D eigenvalue weighted by atomic mass is 79.9. The molecule has 0 fully saturated rings. The molecule has 0 unspecified atom stereocenters. The molecule has 116 valence electrons. The topological polar surface area (TPSA) is 48.4 Å². The standard InChI is InChI=1S/C17H11BrClNO3/c18-11-3-1-4-12(9-11)22-10-16(21)23-15-7-6-14(19)13-5-2-8-20-17(13)15/h1-9H,10H2. The van der Waals surface area contributed by atoms with Crippen LogP contribution in [0.25, 0.3) is 10.9 Å². The van der Waals surface area contributed by atoms with Crippen LogP contribution in [0.2, 0.25) is 5.02 Å². The van der Waals surface area contributed by atoms with Crippen molar-refractivity contribution in [2.75, 3.05) is 6.61 Å². The van der Waals surface area contributed by atoms with Gasteiger partial charge in [-0.2, -0.15) is 0 Å². The normalized spacial score (nSPS) is 10.5. The van der Waals surface area contributed by atoms with Crippen LogP contribution in [0.5, 0.6) is 11.5 Å². The van der Waals surface area contributed by atoms with Crippen LogP contribution in [-0.2, 0) is 4.79 Å². The number of aromatic nitrogens is 1. The number of carbonyl (C=O) groups is 1. The summed E-state index contributed by atoms with van der Waals surface area (Å²) in [6.45, 7) is -0.201. The second-order valence-electron chi connectivity index (χ2n) is 4.67. The molecule has 3 rings (SSSR count). The van der Waals surface area contributed by atoms with Crippen molar-refractivity contribution < 1.29 is 14.3 Å². The lowest BCUT2D eigenvalue weighted by Gasteiger charge is -2.09. The number of halogens is 2. The molecule has 6 heteroatoms. The maximum atomic E-state index is 12.0. The quantitative estimate of drug-likeness (QED) is 0.479. The molecule has 0 radical (unpaired) electrons. The fraction of sp³-hybridized carbons (Fsp3) is 0.0588. The number of ether oxygens (including phenoxy) is 2. The van der Waals surface area contributed by atoms with Gasteiger partial charge in [-0.05, 0) is 42.5 Å². The van der Waals surface area contributed by atoms with Crippen molar-refractivity contribution in [1.82, 2.24) is 4.98 Å². The maximum Gasteiger partial charge on any atom is 0.349 e. The van der Waals surface area contributed by atoms with E-state index < -0.39 is 5.97 Å². The Labute approximate surface area is 146 Å². The number of pyridine rings is 1. The average Bonchev–Trinajstić information content (AvgIpc) is 2.56. The van der Waals surface area contributed by atoms with Gasteiger partial charge in [0.15, 0.2) is 12.4 Å². The number of benzene rings is 2. The van der Waals surface area contributed by atoms with E-state index in [4.69, 9.17) is 21.1 Å². The molecule has 0 saturated heterocycles. The molecule has 1 heterocycles. The molecule has 0 bridgehead atoms. The van der Waals surface area contributed by atoms with E-state index in [2.05, 4.69) is 20.9 Å². The zero-order valence-electron chi connectivity index (χ0n) is 11.8. The zero-order chi connectivity index (χ0) is 16.2. The lowest BCUT2D eigenvalue weighted by molar-refractivity contribution is -0.136. The predicted octanol–water partition coefficient (Wildman–Crippen LogP) is 4.64. The van der Waals surface area contributed by atoms with Crippen molar-refractivity contribution in [2.24, 2.45) is 0 Å². The van der Waals surface area contributed by atoms with E-state index in [0.29, 0.717) is 22.0 Å². The number of rotatable bonds is 4. The van der Waals surface area contributed by atoms with Gasteiger partial charge in [-0.15, -0.1) is 0 Å². The predicted molar refractivity (Wildman–Crippen MR) is 92.0 cm³/mol. The van der Waals surface area contributed by atoms with Crippen LogP contribution < -0.4 is 9.47 Å². The third-order valence-corrected chi connectivity index (χ3v) is 3.88. The molecule has 0 aliphatic rings. The summed E-state index contributed by atoms with van der Waals surface area (Å²) in [5, 5.41) is 1.28. The number of fused-ring (bicyclic) bond motifs is 1. The number of nitrogens with zero attached hydrogens (tertiary/aromatic N) is 1. The highest BCUT2D eigenvalue weighted by Gasteiger charge is 2.12. The Hall–Kier alpha value is -2.11. The molecular formula is C17H11BrClNO3. The summed E-state index contributed by atoms with van der Waals surface area (Å²) in [5.41, 5.74) is 0.538. The molecule has 0 aliphatic carbocycles. The van der Waals surface area contributed by atoms with Crippen LogP contribution in [0.3, 0.4) is 0 Å². The van der Waals surface area contributed by atoms with E-state index in [-0.39, 0.29) is 6.61 Å². The second-order valence-corrected chi connectivity index (χ2v) is 5.99. The van der Waals surface area contributed by atoms with E-state index in [1.807, 2.05) is 18.2 Å². The zero-order valence-corrected chi connectivity index (χ0v) is 14.2. The van der Waals surface area contributed by atoms with Gasteiger partial charge in [0.25, 0.3) is 0 Å². The Balaban J connectivity index is 1.72. The molecule has 0 amide bonds. The monoisotopic (exact) mass is 391 g/mol. The van der Waals surface area contributed by atoms with E-state index >= 15 is 0 Å². The van der Waals surface area contributed by atoms with Gasteiger partial charge in [-0.25, -0.2) is 4.79 Å². The van der Waals surface area contributed by atoms with Crippen molar-refractivity contribution in [1.29, 1.82) is 0 Å². The van der Waals surface area contributed by atoms with Gasteiger partial charge in [0.05, 0.1) is 5.02 Å². The van der Waals surface area contributed by atoms with Gasteiger partial charge in [0.2, 0.25) is 0 Å². The van der Waals surface area contributed by atoms with Crippen molar-refractivity contribution in [3.8, 4) is 11.5 Å². The fourth-order valence-corrected chi connectivity index (χ4v) is 2.64. The minimum absolute atomic E-state index is 0.201. The van der Waals surface area contributed by atoms with Crippen LogP contribution in [-0.4, -0.2) is 17.6 Å². The van der Waals surface area contributed by atoms with Gasteiger partial charge >= 0.3 is 5.97 Å². The summed E-state index contributed by atoms with van der Waals surface area (Å²) in [7, 11) is 0. The van der Waals surface area contributed by atoms with E-state index in [1.54, 1.807) is 36.5 Å². The van der Waals surface area contributed by atoms with E-state index in [0.717, 1.165) is 9.86 Å². The second kappa shape index (κ2) is 6.98. The molecule has 0 N–H and O–H groups in total. The lowest BCUT2D eigenvalue weighted by atomic mass is 10.2. The Kier molecular flexibility index (Phi) is 4.79. The molecule has 0 aliphatic heterocycles. The van der Waals surface area contributed by atoms with Crippen molar-refractivity contribution >= 4 is 44.4 Å². The Morgan fingerprint density at radius 1 is 1.17 bits per heavy atom. The van der Waals surface area contributed by atoms with Gasteiger partial charge in [0.1, 0.15) is 11.3 Å². The van der Waals surface area contributed by atoms with Gasteiger partial charge < -0.3 is 9.47 Å². The molecule has 0 spiro atoms. The fourth-order valence-electron chi connectivity index (χ4n) is 2.05. The van der Waals surface area contributed by atoms with Crippen molar-refractivity contribution in [3.63, 3.8) is 0 Å². The summed E-state index contributed by atoms with van der Waals surface area (Å²) in [4.78, 5) is 16.2. The number of esters is 1. The first kappa shape index (κ1) is 15.8. The molecule has 23 heavy (non-hydrogen) atoms. The average molecular weight is 393 g/mol. The van der Waals surface area contributed by atoms with Gasteiger partial charge in [-0.1, -0.05) is 33.6 Å². The highest BCUT2D eigenvalue weighted by Crippen LogP contribution is 2.29. The first-order valence-corrected chi connectivity index (χ1v) is 7.93. The number of carbonyl (C=O) groups excluding carboxylic acids is 1. The van der Waals surface area contributed by atoms with Gasteiger partial charge in [-0.3, -0.25) is 4.98 Å². The summed E-state index contributed by atoms with van der Waals surface area (Å²) < 4.78 is 11.6. The van der Waals surface area contributed by atoms with Crippen molar-refractivity contribution in [3.05, 3.63) is 64.2 Å². The highest BCUT2D eigenvalue weighted by molar-refractivity contribution is 9.10. The summed E-state index contributed by atoms with van der Waals surface area (Å²) >= 11 is 9.45. The minimum atomic E-state index is -0.515. The Morgan fingerprint density at radius 2 is 2.04 bits per heavy atom.